The molecule has 0 bridgehead atoms. The number of ether oxygens (including phenoxy) is 1. The summed E-state index contributed by atoms with van der Waals surface area (Å²) in [4.78, 5) is 24.3. The fraction of sp³-hybridized carbons (Fsp3) is 0.467. The molecule has 1 aromatic carbocycles. The molecule has 114 valence electrons. The lowest BCUT2D eigenvalue weighted by atomic mass is 9.84. The van der Waals surface area contributed by atoms with Crippen molar-refractivity contribution in [2.24, 2.45) is 11.1 Å². The number of hydrogen-bond donors (Lipinski definition) is 3. The molecule has 1 aromatic rings. The number of benzene rings is 1. The molecule has 1 heterocycles. The van der Waals surface area contributed by atoms with Crippen LogP contribution in [0.3, 0.4) is 0 Å². The molecule has 1 aliphatic heterocycles. The van der Waals surface area contributed by atoms with E-state index in [1.807, 2.05) is 0 Å². The SMILES string of the molecule is CNC(=O)c1cccc(NC(=O)C2(C)COCC2N)c1C. The van der Waals surface area contributed by atoms with Gasteiger partial charge < -0.3 is 21.1 Å². The van der Waals surface area contributed by atoms with Crippen LogP contribution in [0.15, 0.2) is 18.2 Å². The molecule has 0 saturated carbocycles. The standard InChI is InChI=1S/C15H21N3O3/c1-9-10(13(19)17-3)5-4-6-11(9)18-14(20)15(2)8-21-7-12(15)16/h4-6,12H,7-8,16H2,1-3H3,(H,17,19)(H,18,20). The van der Waals surface area contributed by atoms with Crippen LogP contribution in [0, 0.1) is 12.3 Å². The van der Waals surface area contributed by atoms with E-state index in [1.54, 1.807) is 39.1 Å². The van der Waals surface area contributed by atoms with Crippen LogP contribution in [-0.2, 0) is 9.53 Å². The number of nitrogens with two attached hydrogens (primary N) is 1. The summed E-state index contributed by atoms with van der Waals surface area (Å²) < 4.78 is 5.29. The van der Waals surface area contributed by atoms with Gasteiger partial charge >= 0.3 is 0 Å². The Morgan fingerprint density at radius 3 is 2.71 bits per heavy atom. The molecule has 2 amide bonds. The van der Waals surface area contributed by atoms with Gasteiger partial charge in [-0.15, -0.1) is 0 Å². The van der Waals surface area contributed by atoms with Gasteiger partial charge in [-0.3, -0.25) is 9.59 Å². The minimum atomic E-state index is -0.755. The molecule has 6 nitrogen and oxygen atoms in total. The van der Waals surface area contributed by atoms with Crippen LogP contribution in [0.2, 0.25) is 0 Å². The number of carbonyl (C=O) groups excluding carboxylic acids is 2. The third-order valence-corrected chi connectivity index (χ3v) is 4.09. The van der Waals surface area contributed by atoms with Gasteiger partial charge in [0.25, 0.3) is 5.91 Å². The summed E-state index contributed by atoms with van der Waals surface area (Å²) in [5.74, 6) is -0.375. The fourth-order valence-corrected chi connectivity index (χ4v) is 2.34. The van der Waals surface area contributed by atoms with E-state index in [2.05, 4.69) is 10.6 Å². The number of carbonyl (C=O) groups is 2. The molecule has 2 atom stereocenters. The Labute approximate surface area is 124 Å². The van der Waals surface area contributed by atoms with Crippen molar-refractivity contribution in [3.63, 3.8) is 0 Å². The third kappa shape index (κ3) is 2.77. The average molecular weight is 291 g/mol. The second kappa shape index (κ2) is 5.83. The fourth-order valence-electron chi connectivity index (χ4n) is 2.34. The Morgan fingerprint density at radius 1 is 1.43 bits per heavy atom. The van der Waals surface area contributed by atoms with Crippen molar-refractivity contribution in [3.05, 3.63) is 29.3 Å². The van der Waals surface area contributed by atoms with Gasteiger partial charge in [0.05, 0.1) is 18.6 Å². The average Bonchev–Trinajstić information content (AvgIpc) is 2.81. The first kappa shape index (κ1) is 15.5. The van der Waals surface area contributed by atoms with Gasteiger partial charge in [-0.05, 0) is 31.5 Å². The van der Waals surface area contributed by atoms with Crippen molar-refractivity contribution in [1.82, 2.24) is 5.32 Å². The third-order valence-electron chi connectivity index (χ3n) is 4.09. The van der Waals surface area contributed by atoms with Crippen molar-refractivity contribution >= 4 is 17.5 Å². The maximum atomic E-state index is 12.5. The van der Waals surface area contributed by atoms with E-state index in [4.69, 9.17) is 10.5 Å². The zero-order valence-electron chi connectivity index (χ0n) is 12.5. The van der Waals surface area contributed by atoms with Crippen LogP contribution in [0.5, 0.6) is 0 Å². The molecule has 1 aliphatic rings. The van der Waals surface area contributed by atoms with Gasteiger partial charge in [-0.2, -0.15) is 0 Å². The highest BCUT2D eigenvalue weighted by atomic mass is 16.5. The molecular weight excluding hydrogens is 270 g/mol. The number of hydrogen-bond acceptors (Lipinski definition) is 4. The lowest BCUT2D eigenvalue weighted by Gasteiger charge is -2.26. The zero-order valence-corrected chi connectivity index (χ0v) is 12.5. The van der Waals surface area contributed by atoms with Crippen LogP contribution >= 0.6 is 0 Å². The van der Waals surface area contributed by atoms with Crippen molar-refractivity contribution in [1.29, 1.82) is 0 Å². The van der Waals surface area contributed by atoms with Gasteiger partial charge in [0.1, 0.15) is 0 Å². The van der Waals surface area contributed by atoms with Gasteiger partial charge in [0, 0.05) is 24.3 Å². The minimum absolute atomic E-state index is 0.185. The number of amides is 2. The monoisotopic (exact) mass is 291 g/mol. The Hall–Kier alpha value is -1.92. The van der Waals surface area contributed by atoms with Crippen molar-refractivity contribution < 1.29 is 14.3 Å². The summed E-state index contributed by atoms with van der Waals surface area (Å²) in [6.07, 6.45) is 0. The lowest BCUT2D eigenvalue weighted by Crippen LogP contribution is -2.47. The van der Waals surface area contributed by atoms with Crippen LogP contribution < -0.4 is 16.4 Å². The molecule has 2 rings (SSSR count). The molecule has 21 heavy (non-hydrogen) atoms. The Kier molecular flexibility index (Phi) is 4.29. The largest absolute Gasteiger partial charge is 0.379 e. The second-order valence-corrected chi connectivity index (χ2v) is 5.55. The summed E-state index contributed by atoms with van der Waals surface area (Å²) in [7, 11) is 1.57. The minimum Gasteiger partial charge on any atom is -0.379 e. The first-order valence-electron chi connectivity index (χ1n) is 6.86. The first-order chi connectivity index (χ1) is 9.90. The quantitative estimate of drug-likeness (QED) is 0.762. The molecule has 6 heteroatoms. The smallest absolute Gasteiger partial charge is 0.251 e. The van der Waals surface area contributed by atoms with E-state index in [0.717, 1.165) is 5.56 Å². The Morgan fingerprint density at radius 2 is 2.14 bits per heavy atom. The summed E-state index contributed by atoms with van der Waals surface area (Å²) in [6, 6.07) is 4.89. The molecular formula is C15H21N3O3. The zero-order chi connectivity index (χ0) is 15.6. The van der Waals surface area contributed by atoms with Crippen LogP contribution in [-0.4, -0.2) is 38.1 Å². The molecule has 2 unspecified atom stereocenters. The van der Waals surface area contributed by atoms with Gasteiger partial charge in [0.2, 0.25) is 5.91 Å². The van der Waals surface area contributed by atoms with E-state index < -0.39 is 5.41 Å². The Bertz CT molecular complexity index is 573. The summed E-state index contributed by atoms with van der Waals surface area (Å²) in [5, 5.41) is 5.44. The molecule has 0 aromatic heterocycles. The summed E-state index contributed by atoms with van der Waals surface area (Å²) in [5.41, 5.74) is 7.07. The van der Waals surface area contributed by atoms with Gasteiger partial charge in [-0.25, -0.2) is 0 Å². The summed E-state index contributed by atoms with van der Waals surface area (Å²) in [6.45, 7) is 4.26. The molecule has 1 fully saturated rings. The van der Waals surface area contributed by atoms with E-state index in [1.165, 1.54) is 0 Å². The maximum Gasteiger partial charge on any atom is 0.251 e. The lowest BCUT2D eigenvalue weighted by molar-refractivity contribution is -0.125. The highest BCUT2D eigenvalue weighted by Gasteiger charge is 2.44. The van der Waals surface area contributed by atoms with Crippen LogP contribution in [0.1, 0.15) is 22.8 Å². The van der Waals surface area contributed by atoms with E-state index >= 15 is 0 Å². The van der Waals surface area contributed by atoms with Crippen LogP contribution in [0.4, 0.5) is 5.69 Å². The normalized spacial score (nSPS) is 24.7. The number of anilines is 1. The highest BCUT2D eigenvalue weighted by Crippen LogP contribution is 2.29. The van der Waals surface area contributed by atoms with E-state index in [-0.39, 0.29) is 17.9 Å². The molecule has 0 aliphatic carbocycles. The maximum absolute atomic E-state index is 12.5. The Balaban J connectivity index is 2.24. The van der Waals surface area contributed by atoms with Gasteiger partial charge in [-0.1, -0.05) is 6.07 Å². The topological polar surface area (TPSA) is 93.5 Å². The molecule has 0 radical (unpaired) electrons. The number of rotatable bonds is 3. The highest BCUT2D eigenvalue weighted by molar-refractivity contribution is 6.00. The van der Waals surface area contributed by atoms with Crippen molar-refractivity contribution in [3.8, 4) is 0 Å². The molecule has 1 saturated heterocycles. The molecule has 4 N–H and O–H groups in total. The van der Waals surface area contributed by atoms with Crippen molar-refractivity contribution in [2.45, 2.75) is 19.9 Å². The van der Waals surface area contributed by atoms with E-state index in [9.17, 15) is 9.59 Å². The first-order valence-corrected chi connectivity index (χ1v) is 6.86. The van der Waals surface area contributed by atoms with E-state index in [0.29, 0.717) is 24.5 Å². The number of nitrogens with one attached hydrogen (secondary N) is 2. The second-order valence-electron chi connectivity index (χ2n) is 5.55. The van der Waals surface area contributed by atoms with Crippen molar-refractivity contribution in [2.75, 3.05) is 25.6 Å². The predicted molar refractivity (Wildman–Crippen MR) is 80.1 cm³/mol. The van der Waals surface area contributed by atoms with Gasteiger partial charge in [0.15, 0.2) is 0 Å². The predicted octanol–water partition coefficient (Wildman–Crippen LogP) is 0.657. The van der Waals surface area contributed by atoms with Crippen LogP contribution in [0.25, 0.3) is 0 Å². The summed E-state index contributed by atoms with van der Waals surface area (Å²) >= 11 is 0. The molecule has 0 spiro atoms.